The van der Waals surface area contributed by atoms with Crippen molar-refractivity contribution in [2.45, 2.75) is 32.3 Å². The quantitative estimate of drug-likeness (QED) is 0.333. The highest BCUT2D eigenvalue weighted by Gasteiger charge is 2.15. The van der Waals surface area contributed by atoms with Gasteiger partial charge in [-0.05, 0) is 55.8 Å². The van der Waals surface area contributed by atoms with Gasteiger partial charge in [0.1, 0.15) is 12.4 Å². The largest absolute Gasteiger partial charge is 0.490 e. The lowest BCUT2D eigenvalue weighted by Crippen LogP contribution is -1.97. The fraction of sp³-hybridized carbons (Fsp3) is 0.240. The van der Waals surface area contributed by atoms with Gasteiger partial charge in [0.15, 0.2) is 11.6 Å². The molecular formula is C25H25F2NO2. The van der Waals surface area contributed by atoms with Crippen molar-refractivity contribution in [1.82, 2.24) is 4.98 Å². The Morgan fingerprint density at radius 1 is 1.13 bits per heavy atom. The van der Waals surface area contributed by atoms with E-state index in [1.165, 1.54) is 0 Å². The summed E-state index contributed by atoms with van der Waals surface area (Å²) >= 11 is 0. The van der Waals surface area contributed by atoms with Crippen molar-refractivity contribution in [3.05, 3.63) is 78.5 Å². The maximum atomic E-state index is 14.7. The lowest BCUT2D eigenvalue weighted by Gasteiger charge is -2.09. The predicted molar refractivity (Wildman–Crippen MR) is 117 cm³/mol. The van der Waals surface area contributed by atoms with E-state index in [1.807, 2.05) is 18.2 Å². The van der Waals surface area contributed by atoms with Gasteiger partial charge in [-0.15, -0.1) is 0 Å². The van der Waals surface area contributed by atoms with E-state index in [2.05, 4.69) is 11.6 Å². The van der Waals surface area contributed by atoms with Gasteiger partial charge in [-0.1, -0.05) is 36.9 Å². The van der Waals surface area contributed by atoms with E-state index in [1.54, 1.807) is 49.5 Å². The highest BCUT2D eigenvalue weighted by molar-refractivity contribution is 5.86. The molecule has 0 fully saturated rings. The molecule has 0 radical (unpaired) electrons. The molecule has 5 heteroatoms. The normalized spacial score (nSPS) is 12.4. The molecule has 0 amide bonds. The van der Waals surface area contributed by atoms with E-state index >= 15 is 0 Å². The molecule has 0 aliphatic rings. The Morgan fingerprint density at radius 3 is 2.73 bits per heavy atom. The van der Waals surface area contributed by atoms with Crippen LogP contribution in [-0.4, -0.2) is 22.8 Å². The number of hydrogen-bond donors (Lipinski definition) is 1. The summed E-state index contributed by atoms with van der Waals surface area (Å²) in [6.07, 6.45) is 8.46. The fourth-order valence-electron chi connectivity index (χ4n) is 3.14. The molecule has 0 spiro atoms. The molecule has 2 aromatic carbocycles. The van der Waals surface area contributed by atoms with Crippen molar-refractivity contribution in [3.8, 4) is 17.0 Å². The molecule has 3 aromatic rings. The summed E-state index contributed by atoms with van der Waals surface area (Å²) in [4.78, 5) is 4.31. The van der Waals surface area contributed by atoms with E-state index < -0.39 is 11.6 Å². The number of ether oxygens (including phenoxy) is 1. The zero-order chi connectivity index (χ0) is 21.5. The van der Waals surface area contributed by atoms with Gasteiger partial charge >= 0.3 is 0 Å². The number of unbranched alkanes of at least 4 members (excludes halogenated alkanes) is 1. The molecule has 1 unspecified atom stereocenters. The fourth-order valence-corrected chi connectivity index (χ4v) is 3.14. The minimum absolute atomic E-state index is 0.118. The molecule has 0 saturated carbocycles. The second kappa shape index (κ2) is 10.1. The van der Waals surface area contributed by atoms with E-state index in [4.69, 9.17) is 4.74 Å². The first-order chi connectivity index (χ1) is 14.5. The predicted octanol–water partition coefficient (Wildman–Crippen LogP) is 6.31. The Morgan fingerprint density at radius 2 is 1.97 bits per heavy atom. The van der Waals surface area contributed by atoms with Gasteiger partial charge in [-0.25, -0.2) is 8.78 Å². The van der Waals surface area contributed by atoms with Gasteiger partial charge in [0.25, 0.3) is 0 Å². The molecule has 1 atom stereocenters. The minimum atomic E-state index is -0.918. The van der Waals surface area contributed by atoms with Gasteiger partial charge in [0, 0.05) is 22.7 Å². The van der Waals surface area contributed by atoms with Crippen molar-refractivity contribution >= 4 is 16.8 Å². The third kappa shape index (κ3) is 5.30. The summed E-state index contributed by atoms with van der Waals surface area (Å²) in [5.41, 5.74) is 0.678. The summed E-state index contributed by atoms with van der Waals surface area (Å²) in [6.45, 7) is 5.75. The number of nitrogens with zero attached hydrogens (tertiary/aromatic N) is 1. The van der Waals surface area contributed by atoms with Crippen LogP contribution in [0, 0.1) is 11.6 Å². The number of benzene rings is 2. The number of fused-ring (bicyclic) bond motifs is 1. The van der Waals surface area contributed by atoms with Crippen LogP contribution in [0.4, 0.5) is 8.78 Å². The first-order valence-electron chi connectivity index (χ1n) is 9.96. The summed E-state index contributed by atoms with van der Waals surface area (Å²) in [7, 11) is 0. The summed E-state index contributed by atoms with van der Waals surface area (Å²) in [5.74, 6) is -1.12. The molecule has 3 nitrogen and oxygen atoms in total. The van der Waals surface area contributed by atoms with E-state index in [-0.39, 0.29) is 17.2 Å². The van der Waals surface area contributed by atoms with Crippen LogP contribution in [0.3, 0.4) is 0 Å². The van der Waals surface area contributed by atoms with Crippen LogP contribution in [-0.2, 0) is 0 Å². The van der Waals surface area contributed by atoms with Gasteiger partial charge in [0.2, 0.25) is 0 Å². The second-order valence-electron chi connectivity index (χ2n) is 7.19. The Balaban J connectivity index is 1.81. The number of pyridine rings is 1. The standard InChI is InChI=1S/C25H25F2NO2/c1-3-13-30-21-11-9-19-15-23(28-16-20(19)14-21)22-12-10-18(24(26)25(22)27)8-6-4-5-7-17(2)29/h3,6,8-12,14-17,29H,1,4-5,7,13H2,2H3/b8-6+. The Hall–Kier alpha value is -3.05. The van der Waals surface area contributed by atoms with Crippen molar-refractivity contribution in [2.75, 3.05) is 6.61 Å². The van der Waals surface area contributed by atoms with Crippen molar-refractivity contribution in [2.24, 2.45) is 0 Å². The summed E-state index contributed by atoms with van der Waals surface area (Å²) < 4.78 is 34.8. The van der Waals surface area contributed by atoms with E-state index in [9.17, 15) is 13.9 Å². The number of rotatable bonds is 9. The number of hydrogen-bond acceptors (Lipinski definition) is 3. The molecule has 0 aliphatic carbocycles. The molecule has 0 saturated heterocycles. The molecule has 3 rings (SSSR count). The Bertz CT molecular complexity index is 1060. The average Bonchev–Trinajstić information content (AvgIpc) is 2.74. The van der Waals surface area contributed by atoms with Crippen LogP contribution in [0.2, 0.25) is 0 Å². The van der Waals surface area contributed by atoms with Gasteiger partial charge < -0.3 is 9.84 Å². The maximum absolute atomic E-state index is 14.7. The molecule has 0 bridgehead atoms. The summed E-state index contributed by atoms with van der Waals surface area (Å²) in [5, 5.41) is 11.0. The van der Waals surface area contributed by atoms with Crippen LogP contribution in [0.25, 0.3) is 28.1 Å². The average molecular weight is 409 g/mol. The van der Waals surface area contributed by atoms with Gasteiger partial charge in [-0.3, -0.25) is 4.98 Å². The monoisotopic (exact) mass is 409 g/mol. The highest BCUT2D eigenvalue weighted by Crippen LogP contribution is 2.29. The molecule has 1 aromatic heterocycles. The maximum Gasteiger partial charge on any atom is 0.168 e. The van der Waals surface area contributed by atoms with Crippen molar-refractivity contribution < 1.29 is 18.6 Å². The zero-order valence-electron chi connectivity index (χ0n) is 16.9. The van der Waals surface area contributed by atoms with Crippen LogP contribution in [0.15, 0.2) is 61.3 Å². The number of halogens is 2. The lowest BCUT2D eigenvalue weighted by molar-refractivity contribution is 0.182. The lowest BCUT2D eigenvalue weighted by atomic mass is 10.0. The molecule has 0 aliphatic heterocycles. The third-order valence-corrected chi connectivity index (χ3v) is 4.74. The number of aromatic nitrogens is 1. The summed E-state index contributed by atoms with van der Waals surface area (Å²) in [6, 6.07) is 10.4. The first kappa shape index (κ1) is 21.7. The third-order valence-electron chi connectivity index (χ3n) is 4.74. The SMILES string of the molecule is C=CCOc1ccc2cc(-c3ccc(/C=C/CCCC(C)O)c(F)c3F)ncc2c1. The smallest absolute Gasteiger partial charge is 0.168 e. The number of aliphatic hydroxyl groups is 1. The van der Waals surface area contributed by atoms with Crippen LogP contribution in [0.1, 0.15) is 31.7 Å². The minimum Gasteiger partial charge on any atom is -0.490 e. The Kier molecular flexibility index (Phi) is 7.31. The molecule has 156 valence electrons. The Labute approximate surface area is 175 Å². The molecule has 30 heavy (non-hydrogen) atoms. The van der Waals surface area contributed by atoms with Crippen LogP contribution < -0.4 is 4.74 Å². The molecule has 1 heterocycles. The van der Waals surface area contributed by atoms with E-state index in [0.29, 0.717) is 30.9 Å². The molecular weight excluding hydrogens is 384 g/mol. The van der Waals surface area contributed by atoms with E-state index in [0.717, 1.165) is 17.2 Å². The van der Waals surface area contributed by atoms with Crippen molar-refractivity contribution in [1.29, 1.82) is 0 Å². The zero-order valence-corrected chi connectivity index (χ0v) is 16.9. The van der Waals surface area contributed by atoms with Crippen molar-refractivity contribution in [3.63, 3.8) is 0 Å². The van der Waals surface area contributed by atoms with Crippen LogP contribution >= 0.6 is 0 Å². The first-order valence-corrected chi connectivity index (χ1v) is 9.96. The molecule has 1 N–H and O–H groups in total. The van der Waals surface area contributed by atoms with Gasteiger partial charge in [-0.2, -0.15) is 0 Å². The van der Waals surface area contributed by atoms with Gasteiger partial charge in [0.05, 0.1) is 11.8 Å². The topological polar surface area (TPSA) is 42.4 Å². The number of allylic oxidation sites excluding steroid dienone is 1. The second-order valence-corrected chi connectivity index (χ2v) is 7.19. The highest BCUT2D eigenvalue weighted by atomic mass is 19.2. The van der Waals surface area contributed by atoms with Crippen LogP contribution in [0.5, 0.6) is 5.75 Å². The number of aliphatic hydroxyl groups excluding tert-OH is 1.